The summed E-state index contributed by atoms with van der Waals surface area (Å²) in [6.07, 6.45) is 4.67. The van der Waals surface area contributed by atoms with Crippen LogP contribution >= 0.6 is 0 Å². The van der Waals surface area contributed by atoms with Crippen molar-refractivity contribution in [2.45, 2.75) is 160 Å². The molecule has 0 radical (unpaired) electrons. The van der Waals surface area contributed by atoms with Crippen molar-refractivity contribution in [1.82, 2.24) is 4.90 Å². The number of halogens is 3. The first-order valence-corrected chi connectivity index (χ1v) is 17.2. The molecule has 0 aromatic carbocycles. The van der Waals surface area contributed by atoms with Gasteiger partial charge < -0.3 is 14.4 Å². The van der Waals surface area contributed by atoms with Crippen molar-refractivity contribution in [3.63, 3.8) is 0 Å². The molecule has 0 fully saturated rings. The Morgan fingerprint density at radius 1 is 0.957 bits per heavy atom. The summed E-state index contributed by atoms with van der Waals surface area (Å²) < 4.78 is 44.0. The quantitative estimate of drug-likeness (QED) is 0.117. The number of amidine groups is 1. The van der Waals surface area contributed by atoms with Crippen LogP contribution in [0.25, 0.3) is 0 Å². The SMILES string of the molecule is CC.CCC(F)(F)F.C\C=C(/N=C1\C(=C/C)C=C(C(C)(C)C)N1C)C(=O)CCCCC(COC(C)(C)C)C(C)CC(=O)OC(C)(C)C. The number of allylic oxidation sites excluding steroid dienone is 4. The molecule has 1 heterocycles. The van der Waals surface area contributed by atoms with Crippen molar-refractivity contribution in [2.75, 3.05) is 13.7 Å². The number of hydrogen-bond acceptors (Lipinski definition) is 5. The predicted octanol–water partition coefficient (Wildman–Crippen LogP) is 11.0. The van der Waals surface area contributed by atoms with E-state index in [1.165, 1.54) is 5.70 Å². The zero-order valence-electron chi connectivity index (χ0n) is 32.5. The van der Waals surface area contributed by atoms with E-state index >= 15 is 0 Å². The van der Waals surface area contributed by atoms with Crippen LogP contribution in [0.2, 0.25) is 0 Å². The van der Waals surface area contributed by atoms with Gasteiger partial charge >= 0.3 is 12.1 Å². The van der Waals surface area contributed by atoms with Gasteiger partial charge in [-0.25, -0.2) is 4.99 Å². The number of alkyl halides is 3. The summed E-state index contributed by atoms with van der Waals surface area (Å²) in [5.41, 5.74) is 1.96. The van der Waals surface area contributed by atoms with Crippen molar-refractivity contribution in [3.05, 3.63) is 35.2 Å². The van der Waals surface area contributed by atoms with E-state index in [0.29, 0.717) is 25.1 Å². The van der Waals surface area contributed by atoms with Crippen molar-refractivity contribution in [1.29, 1.82) is 0 Å². The molecule has 0 amide bonds. The average Bonchev–Trinajstić information content (AvgIpc) is 3.25. The molecule has 0 aromatic rings. The van der Waals surface area contributed by atoms with Gasteiger partial charge in [-0.3, -0.25) is 9.59 Å². The Morgan fingerprint density at radius 2 is 1.49 bits per heavy atom. The number of ether oxygens (including phenoxy) is 2. The van der Waals surface area contributed by atoms with E-state index in [1.54, 1.807) is 0 Å². The lowest BCUT2D eigenvalue weighted by atomic mass is 9.87. The molecule has 274 valence electrons. The summed E-state index contributed by atoms with van der Waals surface area (Å²) in [6.45, 7) is 30.0. The normalized spacial score (nSPS) is 17.4. The summed E-state index contributed by atoms with van der Waals surface area (Å²) in [7, 11) is 2.02. The third kappa shape index (κ3) is 20.5. The van der Waals surface area contributed by atoms with E-state index in [-0.39, 0.29) is 34.6 Å². The summed E-state index contributed by atoms with van der Waals surface area (Å²) in [4.78, 5) is 32.5. The van der Waals surface area contributed by atoms with Gasteiger partial charge in [-0.1, -0.05) is 67.0 Å². The van der Waals surface area contributed by atoms with Crippen LogP contribution in [-0.2, 0) is 19.1 Å². The fraction of sp³-hybridized carbons (Fsp3) is 0.763. The minimum atomic E-state index is -3.96. The lowest BCUT2D eigenvalue weighted by Gasteiger charge is -2.29. The first kappa shape index (κ1) is 46.7. The number of aliphatic imine (C=N–C) groups is 1. The summed E-state index contributed by atoms with van der Waals surface area (Å²) in [5.74, 6) is 1.03. The van der Waals surface area contributed by atoms with Crippen LogP contribution in [0.4, 0.5) is 13.2 Å². The second kappa shape index (κ2) is 20.8. The molecule has 0 N–H and O–H groups in total. The maximum atomic E-state index is 13.1. The van der Waals surface area contributed by atoms with Crippen LogP contribution in [0, 0.1) is 17.3 Å². The van der Waals surface area contributed by atoms with Crippen LogP contribution in [-0.4, -0.2) is 53.5 Å². The Hall–Kier alpha value is -2.42. The van der Waals surface area contributed by atoms with Crippen LogP contribution in [0.15, 0.2) is 40.2 Å². The molecule has 0 aliphatic carbocycles. The fourth-order valence-electron chi connectivity index (χ4n) is 4.61. The molecule has 0 bridgehead atoms. The number of carbonyl (C=O) groups excluding carboxylic acids is 2. The smallest absolute Gasteiger partial charge is 0.388 e. The fourth-order valence-corrected chi connectivity index (χ4v) is 4.61. The van der Waals surface area contributed by atoms with Gasteiger partial charge in [0.2, 0.25) is 0 Å². The van der Waals surface area contributed by atoms with E-state index in [1.807, 2.05) is 88.4 Å². The average molecular weight is 673 g/mol. The summed E-state index contributed by atoms with van der Waals surface area (Å²) in [5, 5.41) is 0. The van der Waals surface area contributed by atoms with Crippen molar-refractivity contribution < 1.29 is 32.2 Å². The molecule has 6 nitrogen and oxygen atoms in total. The highest BCUT2D eigenvalue weighted by molar-refractivity contribution is 6.08. The van der Waals surface area contributed by atoms with E-state index in [9.17, 15) is 22.8 Å². The van der Waals surface area contributed by atoms with E-state index in [4.69, 9.17) is 14.5 Å². The topological polar surface area (TPSA) is 68.2 Å². The molecule has 47 heavy (non-hydrogen) atoms. The zero-order chi connectivity index (χ0) is 37.4. The van der Waals surface area contributed by atoms with Gasteiger partial charge in [0.15, 0.2) is 5.78 Å². The van der Waals surface area contributed by atoms with E-state index < -0.39 is 18.2 Å². The van der Waals surface area contributed by atoms with Gasteiger partial charge in [0.1, 0.15) is 17.1 Å². The summed E-state index contributed by atoms with van der Waals surface area (Å²) >= 11 is 0. The van der Waals surface area contributed by atoms with Crippen molar-refractivity contribution in [3.8, 4) is 0 Å². The van der Waals surface area contributed by atoms with Gasteiger partial charge in [-0.15, -0.1) is 0 Å². The molecular formula is C38H67F3N2O4. The maximum absolute atomic E-state index is 13.1. The van der Waals surface area contributed by atoms with Crippen molar-refractivity contribution >= 4 is 17.6 Å². The molecule has 0 aromatic heterocycles. The minimum Gasteiger partial charge on any atom is -0.460 e. The Balaban J connectivity index is 0. The number of esters is 1. The maximum Gasteiger partial charge on any atom is 0.388 e. The zero-order valence-corrected chi connectivity index (χ0v) is 32.5. The Labute approximate surface area is 285 Å². The first-order chi connectivity index (χ1) is 21.3. The molecule has 2 atom stereocenters. The predicted molar refractivity (Wildman–Crippen MR) is 190 cm³/mol. The number of nitrogens with zero attached hydrogens (tertiary/aromatic N) is 2. The largest absolute Gasteiger partial charge is 0.460 e. The number of Topliss-reactive ketones (excluding diaryl/α,β-unsaturated/α-hetero) is 1. The van der Waals surface area contributed by atoms with Gasteiger partial charge in [0, 0.05) is 43.0 Å². The molecule has 1 aliphatic heterocycles. The molecule has 9 heteroatoms. The number of rotatable bonds is 12. The third-order valence-electron chi connectivity index (χ3n) is 7.17. The van der Waals surface area contributed by atoms with E-state index in [2.05, 4.69) is 38.7 Å². The highest BCUT2D eigenvalue weighted by Crippen LogP contribution is 2.35. The highest BCUT2D eigenvalue weighted by atomic mass is 19.4. The highest BCUT2D eigenvalue weighted by Gasteiger charge is 2.31. The van der Waals surface area contributed by atoms with Crippen LogP contribution < -0.4 is 0 Å². The monoisotopic (exact) mass is 673 g/mol. The lowest BCUT2D eigenvalue weighted by molar-refractivity contribution is -0.156. The lowest BCUT2D eigenvalue weighted by Crippen LogP contribution is -2.30. The van der Waals surface area contributed by atoms with Gasteiger partial charge in [0.05, 0.1) is 12.2 Å². The number of likely N-dealkylation sites (N-methyl/N-ethyl adjacent to an activating group) is 1. The Morgan fingerprint density at radius 3 is 1.89 bits per heavy atom. The molecule has 0 saturated heterocycles. The third-order valence-corrected chi connectivity index (χ3v) is 7.17. The van der Waals surface area contributed by atoms with Crippen LogP contribution in [0.3, 0.4) is 0 Å². The van der Waals surface area contributed by atoms with Gasteiger partial charge in [-0.05, 0) is 86.1 Å². The van der Waals surface area contributed by atoms with Gasteiger partial charge in [0.25, 0.3) is 0 Å². The Bertz CT molecular complexity index is 1080. The van der Waals surface area contributed by atoms with Crippen molar-refractivity contribution in [2.24, 2.45) is 22.2 Å². The molecular weight excluding hydrogens is 605 g/mol. The Kier molecular flexibility index (Phi) is 20.7. The van der Waals surface area contributed by atoms with Crippen LogP contribution in [0.5, 0.6) is 0 Å². The molecule has 0 spiro atoms. The second-order valence-corrected chi connectivity index (χ2v) is 14.8. The molecule has 1 aliphatic rings. The van der Waals surface area contributed by atoms with E-state index in [0.717, 1.165) is 37.6 Å². The standard InChI is InChI=1S/C33H56N2O4.C3H5F3.C2H6/c1-14-24-21-28(31(4,5)6)35(13)30(24)34-26(15-2)27(36)19-17-16-18-25(22-38-32(7,8)9)23(3)20-29(37)39-33(10,11)12;1-2-3(4,5)6;1-2/h14-15,21,23,25H,16-20,22H2,1-13H3;2H2,1H3;1-2H3/b24-14-,26-15-,34-30+;;. The van der Waals surface area contributed by atoms with Gasteiger partial charge in [-0.2, -0.15) is 13.2 Å². The molecule has 1 rings (SSSR count). The van der Waals surface area contributed by atoms with Crippen LogP contribution in [0.1, 0.15) is 142 Å². The number of ketones is 1. The first-order valence-electron chi connectivity index (χ1n) is 17.2. The second-order valence-electron chi connectivity index (χ2n) is 14.8. The minimum absolute atomic E-state index is 0.0196. The number of carbonyl (C=O) groups is 2. The number of hydrogen-bond donors (Lipinski definition) is 0. The number of unbranched alkanes of at least 4 members (excludes halogenated alkanes) is 1. The summed E-state index contributed by atoms with van der Waals surface area (Å²) in [6, 6.07) is 0. The molecule has 0 saturated carbocycles. The molecule has 2 unspecified atom stereocenters.